The van der Waals surface area contributed by atoms with Crippen LogP contribution in [0.3, 0.4) is 0 Å². The molecule has 1 nitrogen and oxygen atoms in total. The zero-order valence-electron chi connectivity index (χ0n) is 15.1. The molecular formula is C21H38O. The molecule has 0 unspecified atom stereocenters. The molecule has 0 bridgehead atoms. The van der Waals surface area contributed by atoms with Crippen molar-refractivity contribution in [3.63, 3.8) is 0 Å². The molecule has 0 radical (unpaired) electrons. The Morgan fingerprint density at radius 2 is 1.41 bits per heavy atom. The lowest BCUT2D eigenvalue weighted by atomic mass is 9.69. The third kappa shape index (κ3) is 6.07. The fraction of sp³-hybridized carbons (Fsp3) is 0.905. The monoisotopic (exact) mass is 306 g/mol. The molecule has 0 heterocycles. The zero-order chi connectivity index (χ0) is 15.6. The Bertz CT molecular complexity index is 293. The topological polar surface area (TPSA) is 9.23 Å². The molecule has 2 aliphatic carbocycles. The summed E-state index contributed by atoms with van der Waals surface area (Å²) < 4.78 is 5.33. The van der Waals surface area contributed by atoms with Gasteiger partial charge in [-0.3, -0.25) is 0 Å². The number of unbranched alkanes of at least 4 members (excludes halogenated alkanes) is 1. The van der Waals surface area contributed by atoms with E-state index in [-0.39, 0.29) is 0 Å². The fourth-order valence-electron chi connectivity index (χ4n) is 4.82. The predicted octanol–water partition coefficient (Wildman–Crippen LogP) is 6.38. The van der Waals surface area contributed by atoms with Gasteiger partial charge in [0.05, 0.1) is 0 Å². The summed E-state index contributed by atoms with van der Waals surface area (Å²) in [7, 11) is 1.85. The predicted molar refractivity (Wildman–Crippen MR) is 96.1 cm³/mol. The van der Waals surface area contributed by atoms with Crippen LogP contribution in [0, 0.1) is 23.7 Å². The maximum absolute atomic E-state index is 5.33. The van der Waals surface area contributed by atoms with Gasteiger partial charge in [0.15, 0.2) is 0 Å². The molecule has 2 aliphatic rings. The smallest absolute Gasteiger partial charge is 0.0490 e. The molecule has 22 heavy (non-hydrogen) atoms. The molecule has 0 aromatic carbocycles. The quantitative estimate of drug-likeness (QED) is 0.373. The summed E-state index contributed by atoms with van der Waals surface area (Å²) in [5, 5.41) is 0. The van der Waals surface area contributed by atoms with Crippen LogP contribution in [-0.2, 0) is 4.74 Å². The standard InChI is InChI=1S/C21H38O/c1-3-4-5-6-7-8-18-9-13-20(14-10-18)21-15-11-19(12-16-21)17-22-2/h4-5,18-21H,3,6-17H2,1-2H3/b5-4-. The van der Waals surface area contributed by atoms with Crippen LogP contribution in [0.5, 0.6) is 0 Å². The Morgan fingerprint density at radius 3 is 1.95 bits per heavy atom. The van der Waals surface area contributed by atoms with Crippen molar-refractivity contribution in [2.45, 2.75) is 84.0 Å². The van der Waals surface area contributed by atoms with E-state index in [2.05, 4.69) is 19.1 Å². The van der Waals surface area contributed by atoms with E-state index in [4.69, 9.17) is 4.74 Å². The van der Waals surface area contributed by atoms with E-state index in [1.54, 1.807) is 0 Å². The third-order valence-electron chi connectivity index (χ3n) is 6.24. The van der Waals surface area contributed by atoms with E-state index in [1.165, 1.54) is 77.0 Å². The van der Waals surface area contributed by atoms with Gasteiger partial charge in [0.25, 0.3) is 0 Å². The average Bonchev–Trinajstić information content (AvgIpc) is 2.56. The van der Waals surface area contributed by atoms with E-state index in [9.17, 15) is 0 Å². The van der Waals surface area contributed by atoms with Gasteiger partial charge in [-0.05, 0) is 81.5 Å². The molecule has 0 atom stereocenters. The van der Waals surface area contributed by atoms with Crippen molar-refractivity contribution in [2.24, 2.45) is 23.7 Å². The van der Waals surface area contributed by atoms with Crippen molar-refractivity contribution in [3.05, 3.63) is 12.2 Å². The Hall–Kier alpha value is -0.300. The van der Waals surface area contributed by atoms with Gasteiger partial charge in [0.2, 0.25) is 0 Å². The van der Waals surface area contributed by atoms with Crippen LogP contribution in [0.25, 0.3) is 0 Å². The Kier molecular flexibility index (Phi) is 8.59. The molecule has 1 heteroatoms. The zero-order valence-corrected chi connectivity index (χ0v) is 15.1. The van der Waals surface area contributed by atoms with Gasteiger partial charge < -0.3 is 4.74 Å². The summed E-state index contributed by atoms with van der Waals surface area (Å²) in [4.78, 5) is 0. The minimum absolute atomic E-state index is 0.855. The first-order valence-electron chi connectivity index (χ1n) is 9.97. The van der Waals surface area contributed by atoms with E-state index < -0.39 is 0 Å². The lowest BCUT2D eigenvalue weighted by Crippen LogP contribution is -2.27. The van der Waals surface area contributed by atoms with Crippen molar-refractivity contribution >= 4 is 0 Å². The summed E-state index contributed by atoms with van der Waals surface area (Å²) in [6.45, 7) is 3.21. The van der Waals surface area contributed by atoms with Gasteiger partial charge in [-0.1, -0.05) is 38.3 Å². The second kappa shape index (κ2) is 10.5. The van der Waals surface area contributed by atoms with Crippen LogP contribution < -0.4 is 0 Å². The lowest BCUT2D eigenvalue weighted by Gasteiger charge is -2.37. The van der Waals surface area contributed by atoms with E-state index in [1.807, 2.05) is 7.11 Å². The van der Waals surface area contributed by atoms with Gasteiger partial charge in [-0.25, -0.2) is 0 Å². The van der Waals surface area contributed by atoms with Crippen molar-refractivity contribution in [1.82, 2.24) is 0 Å². The Labute approximate surface area is 138 Å². The van der Waals surface area contributed by atoms with Gasteiger partial charge >= 0.3 is 0 Å². The highest BCUT2D eigenvalue weighted by molar-refractivity contribution is 4.83. The highest BCUT2D eigenvalue weighted by Crippen LogP contribution is 2.42. The van der Waals surface area contributed by atoms with Crippen LogP contribution in [0.4, 0.5) is 0 Å². The molecule has 0 amide bonds. The highest BCUT2D eigenvalue weighted by atomic mass is 16.5. The molecule has 0 N–H and O–H groups in total. The van der Waals surface area contributed by atoms with Crippen LogP contribution in [0.15, 0.2) is 12.2 Å². The van der Waals surface area contributed by atoms with Gasteiger partial charge in [0.1, 0.15) is 0 Å². The summed E-state index contributed by atoms with van der Waals surface area (Å²) in [5.74, 6) is 3.99. The first-order chi connectivity index (χ1) is 10.8. The molecule has 128 valence electrons. The van der Waals surface area contributed by atoms with E-state index in [0.29, 0.717) is 0 Å². The maximum Gasteiger partial charge on any atom is 0.0490 e. The molecule has 2 rings (SSSR count). The van der Waals surface area contributed by atoms with Crippen molar-refractivity contribution < 1.29 is 4.74 Å². The number of rotatable bonds is 8. The number of methoxy groups -OCH3 is 1. The molecule has 0 aromatic rings. The second-order valence-electron chi connectivity index (χ2n) is 7.83. The molecular weight excluding hydrogens is 268 g/mol. The van der Waals surface area contributed by atoms with Crippen LogP contribution in [-0.4, -0.2) is 13.7 Å². The van der Waals surface area contributed by atoms with Crippen LogP contribution >= 0.6 is 0 Å². The van der Waals surface area contributed by atoms with Gasteiger partial charge in [-0.15, -0.1) is 0 Å². The molecule has 2 saturated carbocycles. The lowest BCUT2D eigenvalue weighted by molar-refractivity contribution is 0.0926. The number of ether oxygens (including phenoxy) is 1. The summed E-state index contributed by atoms with van der Waals surface area (Å²) in [5.41, 5.74) is 0. The Morgan fingerprint density at radius 1 is 0.818 bits per heavy atom. The maximum atomic E-state index is 5.33. The van der Waals surface area contributed by atoms with Gasteiger partial charge in [0, 0.05) is 13.7 Å². The Balaban J connectivity index is 1.58. The molecule has 0 spiro atoms. The first kappa shape index (κ1) is 18.0. The summed E-state index contributed by atoms with van der Waals surface area (Å²) >= 11 is 0. The van der Waals surface area contributed by atoms with Crippen molar-refractivity contribution in [2.75, 3.05) is 13.7 Å². The highest BCUT2D eigenvalue weighted by Gasteiger charge is 2.30. The molecule has 2 fully saturated rings. The fourth-order valence-corrected chi connectivity index (χ4v) is 4.82. The van der Waals surface area contributed by atoms with Gasteiger partial charge in [-0.2, -0.15) is 0 Å². The molecule has 0 saturated heterocycles. The SMILES string of the molecule is CC/C=C\CCCC1CCC(C2CCC(COC)CC2)CC1. The third-order valence-corrected chi connectivity index (χ3v) is 6.24. The number of hydrogen-bond acceptors (Lipinski definition) is 1. The van der Waals surface area contributed by atoms with E-state index in [0.717, 1.165) is 30.3 Å². The summed E-state index contributed by atoms with van der Waals surface area (Å²) in [6.07, 6.45) is 21.9. The van der Waals surface area contributed by atoms with Crippen molar-refractivity contribution in [1.29, 1.82) is 0 Å². The first-order valence-corrected chi connectivity index (χ1v) is 9.97. The summed E-state index contributed by atoms with van der Waals surface area (Å²) in [6, 6.07) is 0. The second-order valence-corrected chi connectivity index (χ2v) is 7.83. The normalized spacial score (nSPS) is 33.4. The largest absolute Gasteiger partial charge is 0.384 e. The average molecular weight is 307 g/mol. The minimum atomic E-state index is 0.855. The minimum Gasteiger partial charge on any atom is -0.384 e. The van der Waals surface area contributed by atoms with Crippen molar-refractivity contribution in [3.8, 4) is 0 Å². The van der Waals surface area contributed by atoms with Crippen LogP contribution in [0.1, 0.15) is 84.0 Å². The number of allylic oxidation sites excluding steroid dienone is 2. The van der Waals surface area contributed by atoms with Crippen LogP contribution in [0.2, 0.25) is 0 Å². The van der Waals surface area contributed by atoms with E-state index >= 15 is 0 Å². The molecule has 0 aliphatic heterocycles. The molecule has 0 aromatic heterocycles. The number of hydrogen-bond donors (Lipinski definition) is 0.